The van der Waals surface area contributed by atoms with Crippen LogP contribution >= 0.6 is 0 Å². The summed E-state index contributed by atoms with van der Waals surface area (Å²) in [7, 11) is 0. The van der Waals surface area contributed by atoms with Gasteiger partial charge in [0.05, 0.1) is 32.0 Å². The van der Waals surface area contributed by atoms with Gasteiger partial charge < -0.3 is 65.1 Å². The van der Waals surface area contributed by atoms with E-state index in [1.54, 1.807) is 6.08 Å². The van der Waals surface area contributed by atoms with Gasteiger partial charge in [-0.2, -0.15) is 0 Å². The third kappa shape index (κ3) is 46.6. The maximum absolute atomic E-state index is 13.4. The van der Waals surface area contributed by atoms with E-state index < -0.39 is 86.8 Å². The number of aliphatic hydroxyl groups is 8. The Hall–Kier alpha value is -2.31. The van der Waals surface area contributed by atoms with Crippen molar-refractivity contribution in [3.63, 3.8) is 0 Å². The summed E-state index contributed by atoms with van der Waals surface area (Å²) in [5, 5.41) is 87.6. The molecule has 2 saturated heterocycles. The first-order valence-electron chi connectivity index (χ1n) is 39.0. The number of aliphatic hydroxyl groups excluding tert-OH is 8. The van der Waals surface area contributed by atoms with Crippen LogP contribution in [0.1, 0.15) is 341 Å². The highest BCUT2D eigenvalue weighted by Crippen LogP contribution is 2.30. The summed E-state index contributed by atoms with van der Waals surface area (Å²) in [6, 6.07) is -0.940. The van der Waals surface area contributed by atoms with Crippen LogP contribution in [0.4, 0.5) is 0 Å². The van der Waals surface area contributed by atoms with Gasteiger partial charge in [0.15, 0.2) is 12.6 Å². The molecule has 2 aliphatic rings. The number of allylic oxidation sites excluding steroid dienone is 9. The van der Waals surface area contributed by atoms with Crippen molar-refractivity contribution >= 4 is 5.91 Å². The minimum atomic E-state index is -1.79. The van der Waals surface area contributed by atoms with Crippen molar-refractivity contribution in [2.24, 2.45) is 0 Å². The molecule has 544 valence electrons. The number of ether oxygens (including phenoxy) is 4. The summed E-state index contributed by atoms with van der Waals surface area (Å²) >= 11 is 0. The van der Waals surface area contributed by atoms with E-state index in [0.717, 1.165) is 51.4 Å². The zero-order valence-electron chi connectivity index (χ0n) is 59.5. The maximum atomic E-state index is 13.4. The molecule has 14 nitrogen and oxygen atoms in total. The molecule has 2 aliphatic heterocycles. The fourth-order valence-corrected chi connectivity index (χ4v) is 12.7. The average Bonchev–Trinajstić information content (AvgIpc) is 0.852. The van der Waals surface area contributed by atoms with Gasteiger partial charge in [-0.15, -0.1) is 0 Å². The standard InChI is InChI=1S/C79H145NO13/c1-3-5-7-9-11-13-15-17-19-21-23-25-27-29-31-32-33-34-35-36-37-39-41-43-45-47-49-51-53-55-57-59-61-63-71(84)80-67(66-90-78-76(89)74(87)77(70(65-82)92-78)93-79-75(88)73(86)72(85)69(64-81)91-79)68(83)62-60-58-56-54-52-50-48-46-44-42-40-38-30-28-26-24-22-20-18-16-14-12-10-8-6-4-2/h15,17,21,23,44,46,52,54,60,62,67-70,72-79,81-83,85-89H,3-14,16,18-20,22,24-43,45,47-51,53,55-59,61,63-66H2,1-2H3,(H,80,84)/b17-15-,23-21-,46-44+,54-52+,62-60+. The summed E-state index contributed by atoms with van der Waals surface area (Å²) in [6.07, 6.45) is 68.7. The third-order valence-electron chi connectivity index (χ3n) is 18.9. The number of rotatable bonds is 65. The number of amides is 1. The van der Waals surface area contributed by atoms with Crippen molar-refractivity contribution in [2.75, 3.05) is 19.8 Å². The maximum Gasteiger partial charge on any atom is 0.220 e. The first kappa shape index (κ1) is 86.8. The molecule has 0 bridgehead atoms. The second-order valence-electron chi connectivity index (χ2n) is 27.5. The fraction of sp³-hybridized carbons (Fsp3) is 0.861. The van der Waals surface area contributed by atoms with Crippen LogP contribution in [0.25, 0.3) is 0 Å². The fourth-order valence-electron chi connectivity index (χ4n) is 12.7. The zero-order chi connectivity index (χ0) is 67.3. The Morgan fingerprint density at radius 1 is 0.387 bits per heavy atom. The van der Waals surface area contributed by atoms with Gasteiger partial charge in [-0.05, 0) is 77.0 Å². The molecular formula is C79H145NO13. The summed E-state index contributed by atoms with van der Waals surface area (Å²) in [5.41, 5.74) is 0. The monoisotopic (exact) mass is 1320 g/mol. The molecule has 0 aromatic carbocycles. The molecule has 0 aromatic rings. The van der Waals surface area contributed by atoms with Crippen LogP contribution < -0.4 is 5.32 Å². The van der Waals surface area contributed by atoms with Crippen LogP contribution in [-0.2, 0) is 23.7 Å². The van der Waals surface area contributed by atoms with Crippen molar-refractivity contribution in [3.05, 3.63) is 60.8 Å². The second kappa shape index (κ2) is 63.2. The quantitative estimate of drug-likeness (QED) is 0.0204. The first-order chi connectivity index (χ1) is 45.6. The molecule has 93 heavy (non-hydrogen) atoms. The van der Waals surface area contributed by atoms with Crippen molar-refractivity contribution in [2.45, 2.75) is 415 Å². The van der Waals surface area contributed by atoms with Gasteiger partial charge in [0.1, 0.15) is 48.8 Å². The van der Waals surface area contributed by atoms with Gasteiger partial charge in [0, 0.05) is 6.42 Å². The van der Waals surface area contributed by atoms with Gasteiger partial charge in [0.2, 0.25) is 5.91 Å². The summed E-state index contributed by atoms with van der Waals surface area (Å²) in [6.45, 7) is 2.81. The Balaban J connectivity index is 1.64. The second-order valence-corrected chi connectivity index (χ2v) is 27.5. The normalized spacial score (nSPS) is 22.9. The lowest BCUT2D eigenvalue weighted by Crippen LogP contribution is -2.65. The predicted molar refractivity (Wildman–Crippen MR) is 383 cm³/mol. The molecule has 12 atom stereocenters. The largest absolute Gasteiger partial charge is 0.394 e. The number of hydrogen-bond donors (Lipinski definition) is 9. The van der Waals surface area contributed by atoms with Gasteiger partial charge in [-0.25, -0.2) is 0 Å². The lowest BCUT2D eigenvalue weighted by atomic mass is 9.97. The highest BCUT2D eigenvalue weighted by Gasteiger charge is 2.51. The van der Waals surface area contributed by atoms with Crippen molar-refractivity contribution < 1.29 is 64.6 Å². The van der Waals surface area contributed by atoms with Crippen LogP contribution in [0, 0.1) is 0 Å². The molecule has 0 saturated carbocycles. The molecule has 9 N–H and O–H groups in total. The minimum Gasteiger partial charge on any atom is -0.394 e. The number of nitrogens with one attached hydrogen (secondary N) is 1. The topological polar surface area (TPSA) is 228 Å². The summed E-state index contributed by atoms with van der Waals surface area (Å²) in [5.74, 6) is -0.248. The van der Waals surface area contributed by atoms with E-state index >= 15 is 0 Å². The molecule has 2 heterocycles. The Morgan fingerprint density at radius 3 is 1.12 bits per heavy atom. The molecular weight excluding hydrogens is 1170 g/mol. The van der Waals surface area contributed by atoms with E-state index in [9.17, 15) is 45.6 Å². The Bertz CT molecular complexity index is 1790. The van der Waals surface area contributed by atoms with E-state index in [4.69, 9.17) is 18.9 Å². The highest BCUT2D eigenvalue weighted by atomic mass is 16.7. The Kier molecular flexibility index (Phi) is 58.9. The predicted octanol–water partition coefficient (Wildman–Crippen LogP) is 17.2. The van der Waals surface area contributed by atoms with E-state index in [0.29, 0.717) is 12.8 Å². The van der Waals surface area contributed by atoms with Crippen LogP contribution in [-0.4, -0.2) is 140 Å². The van der Waals surface area contributed by atoms with Crippen molar-refractivity contribution in [1.29, 1.82) is 0 Å². The van der Waals surface area contributed by atoms with Gasteiger partial charge in [-0.3, -0.25) is 4.79 Å². The molecule has 0 spiro atoms. The van der Waals surface area contributed by atoms with E-state index in [2.05, 4.69) is 67.8 Å². The van der Waals surface area contributed by atoms with Crippen molar-refractivity contribution in [3.8, 4) is 0 Å². The molecule has 14 heteroatoms. The highest BCUT2D eigenvalue weighted by molar-refractivity contribution is 5.76. The van der Waals surface area contributed by atoms with Crippen LogP contribution in [0.2, 0.25) is 0 Å². The molecule has 0 aliphatic carbocycles. The number of unbranched alkanes of at least 4 members (excludes halogenated alkanes) is 44. The number of carbonyl (C=O) groups is 1. The lowest BCUT2D eigenvalue weighted by Gasteiger charge is -2.46. The number of carbonyl (C=O) groups excluding carboxylic acids is 1. The van der Waals surface area contributed by atoms with E-state index in [1.807, 2.05) is 6.08 Å². The Labute approximate surface area is 568 Å². The SMILES string of the molecule is CCCCCCC/C=C\C/C=C\CCCCCCCCCCCCCCCCCCCCCCCC(=O)NC(COC1OC(CO)C(OC2OC(CO)C(O)C(O)C2O)C(O)C1O)C(O)/C=C/CC/C=C/CC/C=C/CCCCCCCCCCCCCCCCCC. The molecule has 12 unspecified atom stereocenters. The third-order valence-corrected chi connectivity index (χ3v) is 18.9. The molecule has 1 amide bonds. The van der Waals surface area contributed by atoms with E-state index in [-0.39, 0.29) is 18.9 Å². The van der Waals surface area contributed by atoms with E-state index in [1.165, 1.54) is 257 Å². The molecule has 0 aromatic heterocycles. The van der Waals surface area contributed by atoms with Crippen LogP contribution in [0.3, 0.4) is 0 Å². The number of hydrogen-bond acceptors (Lipinski definition) is 13. The summed E-state index contributed by atoms with van der Waals surface area (Å²) in [4.78, 5) is 13.4. The first-order valence-corrected chi connectivity index (χ1v) is 39.0. The smallest absolute Gasteiger partial charge is 0.220 e. The van der Waals surface area contributed by atoms with Crippen molar-refractivity contribution in [1.82, 2.24) is 5.32 Å². The molecule has 2 fully saturated rings. The molecule has 2 rings (SSSR count). The lowest BCUT2D eigenvalue weighted by molar-refractivity contribution is -0.359. The van der Waals surface area contributed by atoms with Gasteiger partial charge in [0.25, 0.3) is 0 Å². The van der Waals surface area contributed by atoms with Gasteiger partial charge in [-0.1, -0.05) is 319 Å². The van der Waals surface area contributed by atoms with Crippen LogP contribution in [0.5, 0.6) is 0 Å². The minimum absolute atomic E-state index is 0.248. The zero-order valence-corrected chi connectivity index (χ0v) is 59.5. The molecule has 0 radical (unpaired) electrons. The van der Waals surface area contributed by atoms with Gasteiger partial charge >= 0.3 is 0 Å². The van der Waals surface area contributed by atoms with Crippen LogP contribution in [0.15, 0.2) is 60.8 Å². The average molecular weight is 1320 g/mol. The Morgan fingerprint density at radius 2 is 0.720 bits per heavy atom. The summed E-state index contributed by atoms with van der Waals surface area (Å²) < 4.78 is 22.9.